The molecule has 1 N–H and O–H groups in total. The summed E-state index contributed by atoms with van der Waals surface area (Å²) < 4.78 is 33.9. The molecule has 41 heavy (non-hydrogen) atoms. The van der Waals surface area contributed by atoms with Gasteiger partial charge in [-0.1, -0.05) is 53.9 Å². The number of hydrogen-bond donors (Lipinski definition) is 1. The van der Waals surface area contributed by atoms with Crippen molar-refractivity contribution in [2.24, 2.45) is 0 Å². The van der Waals surface area contributed by atoms with Gasteiger partial charge in [0.1, 0.15) is 18.3 Å². The molecule has 3 aromatic rings. The Morgan fingerprint density at radius 1 is 0.951 bits per heavy atom. The number of hydrogen-bond acceptors (Lipinski definition) is 5. The quantitative estimate of drug-likeness (QED) is 0.255. The van der Waals surface area contributed by atoms with E-state index in [9.17, 15) is 18.0 Å². The van der Waals surface area contributed by atoms with Crippen molar-refractivity contribution in [3.8, 4) is 5.75 Å². The molecule has 2 amide bonds. The molecule has 0 aliphatic rings. The summed E-state index contributed by atoms with van der Waals surface area (Å²) in [5.41, 5.74) is 0.802. The van der Waals surface area contributed by atoms with Gasteiger partial charge in [0, 0.05) is 17.6 Å². The molecule has 0 bridgehead atoms. The Balaban J connectivity index is 2.04. The molecule has 0 saturated carbocycles. The van der Waals surface area contributed by atoms with Gasteiger partial charge in [0.25, 0.3) is 10.0 Å². The molecule has 0 radical (unpaired) electrons. The molecule has 220 valence electrons. The van der Waals surface area contributed by atoms with E-state index in [1.807, 2.05) is 13.8 Å². The lowest BCUT2D eigenvalue weighted by Gasteiger charge is -2.32. The summed E-state index contributed by atoms with van der Waals surface area (Å²) in [5, 5.41) is 3.81. The maximum Gasteiger partial charge on any atom is 0.264 e. The van der Waals surface area contributed by atoms with Crippen LogP contribution in [0.25, 0.3) is 0 Å². The lowest BCUT2D eigenvalue weighted by atomic mass is 10.1. The van der Waals surface area contributed by atoms with Crippen molar-refractivity contribution in [2.45, 2.75) is 50.7 Å². The fraction of sp³-hybridized carbons (Fsp3) is 0.310. The number of ether oxygens (including phenoxy) is 1. The van der Waals surface area contributed by atoms with Gasteiger partial charge in [0.2, 0.25) is 11.8 Å². The van der Waals surface area contributed by atoms with Crippen LogP contribution in [0.2, 0.25) is 15.1 Å². The van der Waals surface area contributed by atoms with E-state index in [2.05, 4.69) is 5.32 Å². The van der Waals surface area contributed by atoms with Gasteiger partial charge in [-0.3, -0.25) is 13.9 Å². The van der Waals surface area contributed by atoms with Crippen molar-refractivity contribution in [2.75, 3.05) is 18.0 Å². The smallest absolute Gasteiger partial charge is 0.264 e. The van der Waals surface area contributed by atoms with Gasteiger partial charge in [-0.05, 0) is 80.4 Å². The molecule has 8 nitrogen and oxygen atoms in total. The van der Waals surface area contributed by atoms with Crippen molar-refractivity contribution in [1.29, 1.82) is 0 Å². The molecular formula is C29H32Cl3N3O5S. The summed E-state index contributed by atoms with van der Waals surface area (Å²) in [6.07, 6.45) is 0.696. The van der Waals surface area contributed by atoms with E-state index in [1.165, 1.54) is 42.3 Å². The molecule has 0 saturated heterocycles. The summed E-state index contributed by atoms with van der Waals surface area (Å²) in [6, 6.07) is 15.9. The summed E-state index contributed by atoms with van der Waals surface area (Å²) in [4.78, 5) is 28.4. The molecule has 0 spiro atoms. The van der Waals surface area contributed by atoms with Crippen LogP contribution >= 0.6 is 34.8 Å². The van der Waals surface area contributed by atoms with E-state index in [0.717, 1.165) is 4.31 Å². The minimum atomic E-state index is -4.25. The highest BCUT2D eigenvalue weighted by Gasteiger charge is 2.33. The fourth-order valence-electron chi connectivity index (χ4n) is 3.92. The second-order valence-electron chi connectivity index (χ2n) is 9.43. The van der Waals surface area contributed by atoms with Crippen LogP contribution in [0.4, 0.5) is 5.69 Å². The zero-order valence-electron chi connectivity index (χ0n) is 23.1. The zero-order chi connectivity index (χ0) is 30.3. The Bertz CT molecular complexity index is 1490. The van der Waals surface area contributed by atoms with Crippen LogP contribution in [0, 0.1) is 0 Å². The van der Waals surface area contributed by atoms with Crippen LogP contribution in [-0.4, -0.2) is 50.9 Å². The van der Waals surface area contributed by atoms with Crippen molar-refractivity contribution >= 4 is 62.3 Å². The van der Waals surface area contributed by atoms with E-state index in [4.69, 9.17) is 39.5 Å². The van der Waals surface area contributed by atoms with E-state index < -0.39 is 28.5 Å². The lowest BCUT2D eigenvalue weighted by molar-refractivity contribution is -0.139. The van der Waals surface area contributed by atoms with E-state index in [-0.39, 0.29) is 34.1 Å². The van der Waals surface area contributed by atoms with Crippen molar-refractivity contribution in [1.82, 2.24) is 10.2 Å². The van der Waals surface area contributed by atoms with Crippen LogP contribution < -0.4 is 14.4 Å². The Morgan fingerprint density at radius 3 is 2.22 bits per heavy atom. The zero-order valence-corrected chi connectivity index (χ0v) is 26.2. The van der Waals surface area contributed by atoms with Gasteiger partial charge in [0.05, 0.1) is 27.7 Å². The van der Waals surface area contributed by atoms with Crippen molar-refractivity contribution < 1.29 is 22.7 Å². The standard InChI is InChI=1S/C29H32Cl3N3O5S/c1-5-19(2)33-29(37)20(3)34(17-21-9-14-26(31)27(32)15-21)28(36)18-35(23-8-6-7-22(30)16-23)41(38,39)25-12-10-24(40-4)11-13-25/h6-16,19-20H,5,17-18H2,1-4H3,(H,33,37)/t19-,20-/m0/s1. The molecular weight excluding hydrogens is 609 g/mol. The van der Waals surface area contributed by atoms with Crippen LogP contribution in [-0.2, 0) is 26.2 Å². The van der Waals surface area contributed by atoms with Gasteiger partial charge >= 0.3 is 0 Å². The highest BCUT2D eigenvalue weighted by Crippen LogP contribution is 2.28. The van der Waals surface area contributed by atoms with Gasteiger partial charge < -0.3 is 15.0 Å². The Labute approximate surface area is 256 Å². The molecule has 2 atom stereocenters. The van der Waals surface area contributed by atoms with Crippen molar-refractivity contribution in [3.63, 3.8) is 0 Å². The maximum atomic E-state index is 14.0. The Hall–Kier alpha value is -2.98. The Kier molecular flexibility index (Phi) is 11.3. The van der Waals surface area contributed by atoms with Crippen LogP contribution in [0.15, 0.2) is 71.6 Å². The van der Waals surface area contributed by atoms with Crippen molar-refractivity contribution in [3.05, 3.63) is 87.4 Å². The number of nitrogens with zero attached hydrogens (tertiary/aromatic N) is 2. The SMILES string of the molecule is CC[C@H](C)NC(=O)[C@H](C)N(Cc1ccc(Cl)c(Cl)c1)C(=O)CN(c1cccc(Cl)c1)S(=O)(=O)c1ccc(OC)cc1. The number of nitrogens with one attached hydrogen (secondary N) is 1. The van der Waals surface area contributed by atoms with Gasteiger partial charge in [-0.25, -0.2) is 8.42 Å². The molecule has 0 aliphatic carbocycles. The summed E-state index contributed by atoms with van der Waals surface area (Å²) in [5.74, 6) is -0.511. The number of methoxy groups -OCH3 is 1. The third kappa shape index (κ3) is 8.29. The van der Waals surface area contributed by atoms with Gasteiger partial charge in [-0.15, -0.1) is 0 Å². The Morgan fingerprint density at radius 2 is 1.63 bits per heavy atom. The predicted octanol–water partition coefficient (Wildman–Crippen LogP) is 6.18. The first-order valence-electron chi connectivity index (χ1n) is 12.8. The largest absolute Gasteiger partial charge is 0.497 e. The third-order valence-corrected chi connectivity index (χ3v) is 9.29. The topological polar surface area (TPSA) is 96.0 Å². The van der Waals surface area contributed by atoms with Crippen LogP contribution in [0.1, 0.15) is 32.8 Å². The minimum Gasteiger partial charge on any atom is -0.497 e. The number of anilines is 1. The summed E-state index contributed by atoms with van der Waals surface area (Å²) >= 11 is 18.5. The number of carbonyl (C=O) groups excluding carboxylic acids is 2. The number of halogens is 3. The first kappa shape index (κ1) is 32.5. The van der Waals surface area contributed by atoms with E-state index >= 15 is 0 Å². The second-order valence-corrected chi connectivity index (χ2v) is 12.5. The predicted molar refractivity (Wildman–Crippen MR) is 163 cm³/mol. The number of rotatable bonds is 12. The lowest BCUT2D eigenvalue weighted by Crippen LogP contribution is -2.52. The molecule has 12 heteroatoms. The average molecular weight is 641 g/mol. The number of amides is 2. The molecule has 0 heterocycles. The average Bonchev–Trinajstić information content (AvgIpc) is 2.95. The number of sulfonamides is 1. The molecule has 0 aromatic heterocycles. The summed E-state index contributed by atoms with van der Waals surface area (Å²) in [7, 11) is -2.77. The molecule has 3 aromatic carbocycles. The minimum absolute atomic E-state index is 0.0171. The normalized spacial score (nSPS) is 12.8. The molecule has 0 unspecified atom stereocenters. The highest BCUT2D eigenvalue weighted by molar-refractivity contribution is 7.92. The first-order valence-corrected chi connectivity index (χ1v) is 15.4. The second kappa shape index (κ2) is 14.3. The molecule has 0 aliphatic heterocycles. The fourth-order valence-corrected chi connectivity index (χ4v) is 5.83. The van der Waals surface area contributed by atoms with Crippen LogP contribution in [0.3, 0.4) is 0 Å². The summed E-state index contributed by atoms with van der Waals surface area (Å²) in [6.45, 7) is 4.77. The van der Waals surface area contributed by atoms with E-state index in [1.54, 1.807) is 43.3 Å². The molecule has 3 rings (SSSR count). The maximum absolute atomic E-state index is 14.0. The van der Waals surface area contributed by atoms with Gasteiger partial charge in [-0.2, -0.15) is 0 Å². The number of carbonyl (C=O) groups is 2. The first-order chi connectivity index (χ1) is 19.4. The van der Waals surface area contributed by atoms with Crippen LogP contribution in [0.5, 0.6) is 5.75 Å². The van der Waals surface area contributed by atoms with E-state index in [0.29, 0.717) is 27.8 Å². The monoisotopic (exact) mass is 639 g/mol. The van der Waals surface area contributed by atoms with Gasteiger partial charge in [0.15, 0.2) is 0 Å². The molecule has 0 fully saturated rings. The highest BCUT2D eigenvalue weighted by atomic mass is 35.5. The number of benzene rings is 3. The third-order valence-electron chi connectivity index (χ3n) is 6.53.